The third kappa shape index (κ3) is 6.41. The third-order valence-electron chi connectivity index (χ3n) is 4.18. The molecule has 0 aliphatic heterocycles. The summed E-state index contributed by atoms with van der Waals surface area (Å²) in [5, 5.41) is 2.29. The van der Waals surface area contributed by atoms with Gasteiger partial charge >= 0.3 is 12.1 Å². The Bertz CT molecular complexity index is 851. The van der Waals surface area contributed by atoms with Gasteiger partial charge in [-0.05, 0) is 50.5 Å². The van der Waals surface area contributed by atoms with E-state index in [0.717, 1.165) is 16.3 Å². The van der Waals surface area contributed by atoms with Gasteiger partial charge in [0.1, 0.15) is 5.60 Å². The summed E-state index contributed by atoms with van der Waals surface area (Å²) >= 11 is 0. The van der Waals surface area contributed by atoms with Gasteiger partial charge in [-0.2, -0.15) is 0 Å². The molecule has 2 aromatic carbocycles. The van der Waals surface area contributed by atoms with Crippen molar-refractivity contribution in [2.24, 2.45) is 0 Å². The molecule has 0 aliphatic rings. The molecule has 1 amide bonds. The van der Waals surface area contributed by atoms with Crippen LogP contribution in [0.3, 0.4) is 0 Å². The molecule has 0 bridgehead atoms. The molecule has 0 fully saturated rings. The number of benzene rings is 2. The lowest BCUT2D eigenvalue weighted by molar-refractivity contribution is -0.137. The molecule has 2 aromatic rings. The lowest BCUT2D eigenvalue weighted by Crippen LogP contribution is -2.41. The summed E-state index contributed by atoms with van der Waals surface area (Å²) in [6, 6.07) is 14.0. The highest BCUT2D eigenvalue weighted by atomic mass is 16.6. The van der Waals surface area contributed by atoms with Gasteiger partial charge in [-0.25, -0.2) is 9.59 Å². The lowest BCUT2D eigenvalue weighted by atomic mass is 10.0. The van der Waals surface area contributed by atoms with Gasteiger partial charge in [0.2, 0.25) is 0 Å². The van der Waals surface area contributed by atoms with Crippen molar-refractivity contribution in [3.63, 3.8) is 0 Å². The maximum absolute atomic E-state index is 12.5. The summed E-state index contributed by atoms with van der Waals surface area (Å²) in [6.07, 6.45) is 3.18. The second kappa shape index (κ2) is 9.40. The van der Waals surface area contributed by atoms with E-state index in [2.05, 4.69) is 24.3 Å². The van der Waals surface area contributed by atoms with Crippen molar-refractivity contribution in [3.05, 3.63) is 60.2 Å². The van der Waals surface area contributed by atoms with Gasteiger partial charge in [0, 0.05) is 13.1 Å². The van der Waals surface area contributed by atoms with Crippen LogP contribution in [-0.2, 0) is 20.7 Å². The molecule has 0 N–H and O–H groups in total. The van der Waals surface area contributed by atoms with Crippen molar-refractivity contribution in [2.45, 2.75) is 45.8 Å². The van der Waals surface area contributed by atoms with Gasteiger partial charge in [-0.15, -0.1) is 0 Å². The van der Waals surface area contributed by atoms with E-state index in [0.29, 0.717) is 13.0 Å². The van der Waals surface area contributed by atoms with Crippen LogP contribution in [0.1, 0.15) is 33.3 Å². The molecular formula is C23H29NO4. The topological polar surface area (TPSA) is 55.8 Å². The van der Waals surface area contributed by atoms with Crippen LogP contribution in [0.5, 0.6) is 0 Å². The first kappa shape index (κ1) is 21.5. The van der Waals surface area contributed by atoms with Crippen LogP contribution in [0.2, 0.25) is 0 Å². The Morgan fingerprint density at radius 3 is 2.43 bits per heavy atom. The van der Waals surface area contributed by atoms with Crippen LogP contribution in [0.15, 0.2) is 54.6 Å². The van der Waals surface area contributed by atoms with E-state index in [1.54, 1.807) is 20.0 Å². The first-order valence-corrected chi connectivity index (χ1v) is 9.48. The zero-order chi connectivity index (χ0) is 20.7. The predicted octanol–water partition coefficient (Wildman–Crippen LogP) is 4.74. The van der Waals surface area contributed by atoms with Crippen LogP contribution in [0, 0.1) is 0 Å². The van der Waals surface area contributed by atoms with Gasteiger partial charge in [-0.1, -0.05) is 48.5 Å². The number of likely N-dealkylation sites (N-methyl/N-ethyl adjacent to an activating group) is 1. The minimum atomic E-state index is -0.594. The monoisotopic (exact) mass is 383 g/mol. The quantitative estimate of drug-likeness (QED) is 0.534. The molecule has 0 saturated heterocycles. The van der Waals surface area contributed by atoms with Gasteiger partial charge in [0.05, 0.1) is 12.6 Å². The second-order valence-electron chi connectivity index (χ2n) is 7.66. The number of hydrogen-bond acceptors (Lipinski definition) is 4. The maximum Gasteiger partial charge on any atom is 0.410 e. The summed E-state index contributed by atoms with van der Waals surface area (Å²) in [6.45, 7) is 7.54. The minimum Gasteiger partial charge on any atom is -0.463 e. The van der Waals surface area contributed by atoms with E-state index < -0.39 is 17.7 Å². The zero-order valence-electron chi connectivity index (χ0n) is 17.3. The number of carbonyl (C=O) groups excluding carboxylic acids is 2. The molecule has 5 nitrogen and oxygen atoms in total. The van der Waals surface area contributed by atoms with Crippen LogP contribution >= 0.6 is 0 Å². The van der Waals surface area contributed by atoms with Crippen LogP contribution < -0.4 is 0 Å². The van der Waals surface area contributed by atoms with Gasteiger partial charge in [0.15, 0.2) is 0 Å². The summed E-state index contributed by atoms with van der Waals surface area (Å²) < 4.78 is 10.4. The first-order valence-electron chi connectivity index (χ1n) is 9.48. The second-order valence-corrected chi connectivity index (χ2v) is 7.66. The zero-order valence-corrected chi connectivity index (χ0v) is 17.3. The number of rotatable bonds is 6. The van der Waals surface area contributed by atoms with Crippen molar-refractivity contribution >= 4 is 22.8 Å². The molecule has 5 heteroatoms. The van der Waals surface area contributed by atoms with Crippen LogP contribution in [-0.4, -0.2) is 42.3 Å². The third-order valence-corrected chi connectivity index (χ3v) is 4.18. The molecule has 0 radical (unpaired) electrons. The average molecular weight is 383 g/mol. The number of hydrogen-bond donors (Lipinski definition) is 0. The Labute approximate surface area is 166 Å². The summed E-state index contributed by atoms with van der Waals surface area (Å²) in [5.41, 5.74) is 0.469. The van der Waals surface area contributed by atoms with Crippen molar-refractivity contribution in [1.29, 1.82) is 0 Å². The number of nitrogens with zero attached hydrogens (tertiary/aromatic N) is 1. The molecule has 0 spiro atoms. The molecule has 1 unspecified atom stereocenters. The SMILES string of the molecule is CCOC(=O)C=CC(Cc1ccc2ccccc2c1)N(C)C(=O)OC(C)(C)C. The molecule has 28 heavy (non-hydrogen) atoms. The van der Waals surface area contributed by atoms with Crippen LogP contribution in [0.25, 0.3) is 10.8 Å². The predicted molar refractivity (Wildman–Crippen MR) is 111 cm³/mol. The van der Waals surface area contributed by atoms with Crippen molar-refractivity contribution in [1.82, 2.24) is 4.90 Å². The Balaban J connectivity index is 2.25. The molecule has 1 atom stereocenters. The maximum atomic E-state index is 12.5. The number of carbonyl (C=O) groups is 2. The standard InChI is InChI=1S/C23H29NO4/c1-6-27-21(25)14-13-20(24(5)22(26)28-23(2,3)4)16-17-11-12-18-9-7-8-10-19(18)15-17/h7-15,20H,6,16H2,1-5H3. The van der Waals surface area contributed by atoms with E-state index >= 15 is 0 Å². The summed E-state index contributed by atoms with van der Waals surface area (Å²) in [7, 11) is 1.68. The van der Waals surface area contributed by atoms with E-state index in [9.17, 15) is 9.59 Å². The summed E-state index contributed by atoms with van der Waals surface area (Å²) in [4.78, 5) is 25.8. The van der Waals surface area contributed by atoms with Crippen LogP contribution in [0.4, 0.5) is 4.79 Å². The fraction of sp³-hybridized carbons (Fsp3) is 0.391. The van der Waals surface area contributed by atoms with E-state index in [1.165, 1.54) is 11.0 Å². The van der Waals surface area contributed by atoms with E-state index in [-0.39, 0.29) is 6.04 Å². The molecule has 0 aliphatic carbocycles. The Morgan fingerprint density at radius 1 is 1.11 bits per heavy atom. The number of ether oxygens (including phenoxy) is 2. The highest BCUT2D eigenvalue weighted by molar-refractivity contribution is 5.83. The largest absolute Gasteiger partial charge is 0.463 e. The number of amides is 1. The number of fused-ring (bicyclic) bond motifs is 1. The number of esters is 1. The summed E-state index contributed by atoms with van der Waals surface area (Å²) in [5.74, 6) is -0.427. The Hall–Kier alpha value is -2.82. The molecule has 2 rings (SSSR count). The van der Waals surface area contributed by atoms with Gasteiger partial charge < -0.3 is 14.4 Å². The molecule has 150 valence electrons. The fourth-order valence-electron chi connectivity index (χ4n) is 2.79. The van der Waals surface area contributed by atoms with Gasteiger partial charge in [-0.3, -0.25) is 0 Å². The molecule has 0 aromatic heterocycles. The Kier molecular flexibility index (Phi) is 7.21. The normalized spacial score (nSPS) is 12.8. The van der Waals surface area contributed by atoms with Crippen molar-refractivity contribution in [3.8, 4) is 0 Å². The molecular weight excluding hydrogens is 354 g/mol. The molecule has 0 saturated carbocycles. The highest BCUT2D eigenvalue weighted by Crippen LogP contribution is 2.19. The smallest absolute Gasteiger partial charge is 0.410 e. The minimum absolute atomic E-state index is 0.306. The van der Waals surface area contributed by atoms with Crippen molar-refractivity contribution < 1.29 is 19.1 Å². The van der Waals surface area contributed by atoms with Gasteiger partial charge in [0.25, 0.3) is 0 Å². The molecule has 0 heterocycles. The Morgan fingerprint density at radius 2 is 1.79 bits per heavy atom. The van der Waals surface area contributed by atoms with E-state index in [4.69, 9.17) is 9.47 Å². The average Bonchev–Trinajstić information content (AvgIpc) is 2.63. The van der Waals surface area contributed by atoms with Crippen molar-refractivity contribution in [2.75, 3.05) is 13.7 Å². The fourth-order valence-corrected chi connectivity index (χ4v) is 2.79. The van der Waals surface area contributed by atoms with E-state index in [1.807, 2.05) is 39.0 Å². The lowest BCUT2D eigenvalue weighted by Gasteiger charge is -2.29. The highest BCUT2D eigenvalue weighted by Gasteiger charge is 2.24. The first-order chi connectivity index (χ1) is 13.2.